The highest BCUT2D eigenvalue weighted by atomic mass is 16.5. The summed E-state index contributed by atoms with van der Waals surface area (Å²) < 4.78 is 4.56. The minimum atomic E-state index is -0.312. The topological polar surface area (TPSA) is 62.5 Å². The summed E-state index contributed by atoms with van der Waals surface area (Å²) in [5.41, 5.74) is 0.451. The van der Waals surface area contributed by atoms with Gasteiger partial charge in [-0.1, -0.05) is 19.9 Å². The lowest BCUT2D eigenvalue weighted by molar-refractivity contribution is -0.138. The van der Waals surface area contributed by atoms with Crippen molar-refractivity contribution in [1.29, 1.82) is 5.41 Å². The summed E-state index contributed by atoms with van der Waals surface area (Å²) in [6.07, 6.45) is 2.22. The van der Waals surface area contributed by atoms with E-state index in [0.717, 1.165) is 19.4 Å². The minimum absolute atomic E-state index is 0.312. The Morgan fingerprint density at radius 1 is 1.53 bits per heavy atom. The fraction of sp³-hybridized carbons (Fsp3) is 0.636. The second-order valence-electron chi connectivity index (χ2n) is 2.85. The van der Waals surface area contributed by atoms with Crippen LogP contribution in [0.15, 0.2) is 17.1 Å². The van der Waals surface area contributed by atoms with Gasteiger partial charge in [0.1, 0.15) is 0 Å². The molecule has 0 aliphatic rings. The van der Waals surface area contributed by atoms with Crippen molar-refractivity contribution in [3.63, 3.8) is 0 Å². The normalized spacial score (nSPS) is 7.93. The number of aliphatic imine (C=N–C) groups is 1. The lowest BCUT2D eigenvalue weighted by atomic mass is 10.3. The van der Waals surface area contributed by atoms with Crippen molar-refractivity contribution in [2.75, 3.05) is 13.2 Å². The first-order chi connectivity index (χ1) is 7.09. The number of rotatable bonds is 5. The van der Waals surface area contributed by atoms with Gasteiger partial charge in [0, 0.05) is 12.1 Å². The molecule has 0 heterocycles. The number of nitrogens with one attached hydrogen (secondary N) is 1. The molecule has 15 heavy (non-hydrogen) atoms. The van der Waals surface area contributed by atoms with Crippen LogP contribution < -0.4 is 0 Å². The molecule has 0 aliphatic carbocycles. The number of carbonyl (C=O) groups is 1. The van der Waals surface area contributed by atoms with Crippen LogP contribution in [0.2, 0.25) is 0 Å². The summed E-state index contributed by atoms with van der Waals surface area (Å²) in [6, 6.07) is 1.98. The highest BCUT2D eigenvalue weighted by Gasteiger charge is 1.98. The van der Waals surface area contributed by atoms with E-state index >= 15 is 0 Å². The average molecular weight is 212 g/mol. The molecule has 0 bridgehead atoms. The monoisotopic (exact) mass is 212 g/mol. The van der Waals surface area contributed by atoms with E-state index in [9.17, 15) is 4.79 Å². The van der Waals surface area contributed by atoms with Crippen molar-refractivity contribution in [2.45, 2.75) is 33.6 Å². The van der Waals surface area contributed by atoms with Crippen molar-refractivity contribution < 1.29 is 9.53 Å². The molecule has 0 amide bonds. The third kappa shape index (κ3) is 15.4. The first-order valence-electron chi connectivity index (χ1n) is 5.00. The van der Waals surface area contributed by atoms with Crippen LogP contribution in [0.25, 0.3) is 0 Å². The van der Waals surface area contributed by atoms with E-state index < -0.39 is 0 Å². The Hall–Kier alpha value is -1.41. The van der Waals surface area contributed by atoms with Crippen LogP contribution in [0, 0.1) is 5.41 Å². The molecular formula is C11H20N2O2. The van der Waals surface area contributed by atoms with E-state index in [-0.39, 0.29) is 5.97 Å². The third-order valence-electron chi connectivity index (χ3n) is 1.33. The summed E-state index contributed by atoms with van der Waals surface area (Å²) in [7, 11) is 0. The second kappa shape index (κ2) is 12.6. The van der Waals surface area contributed by atoms with Gasteiger partial charge < -0.3 is 4.74 Å². The summed E-state index contributed by atoms with van der Waals surface area (Å²) in [5.74, 6) is -0.312. The predicted molar refractivity (Wildman–Crippen MR) is 61.4 cm³/mol. The molecule has 0 rings (SSSR count). The van der Waals surface area contributed by atoms with Gasteiger partial charge in [-0.05, 0) is 20.3 Å². The molecule has 1 N–H and O–H groups in total. The van der Waals surface area contributed by atoms with E-state index in [0.29, 0.717) is 12.2 Å². The number of esters is 1. The van der Waals surface area contributed by atoms with Gasteiger partial charge >= 0.3 is 5.97 Å². The Kier molecular flexibility index (Phi) is 13.5. The van der Waals surface area contributed by atoms with E-state index in [4.69, 9.17) is 5.41 Å². The summed E-state index contributed by atoms with van der Waals surface area (Å²) in [6.45, 7) is 10.1. The molecule has 86 valence electrons. The van der Waals surface area contributed by atoms with Gasteiger partial charge in [-0.25, -0.2) is 15.2 Å². The zero-order valence-corrected chi connectivity index (χ0v) is 9.80. The zero-order valence-electron chi connectivity index (χ0n) is 9.80. The SMILES string of the molecule is C=C(C)C(=O)OCC.CCCCN=C=N. The van der Waals surface area contributed by atoms with E-state index in [1.54, 1.807) is 13.8 Å². The van der Waals surface area contributed by atoms with Crippen LogP contribution in [-0.4, -0.2) is 25.1 Å². The number of hydrogen-bond acceptors (Lipinski definition) is 4. The summed E-state index contributed by atoms with van der Waals surface area (Å²) in [5, 5.41) is 6.36. The standard InChI is InChI=1S/C6H10O2.C5H10N2/c1-4-8-6(7)5(2)3;1-2-3-4-7-5-6/h2,4H2,1,3H3;6H,2-4H2,1H3. The molecule has 0 spiro atoms. The summed E-state index contributed by atoms with van der Waals surface area (Å²) in [4.78, 5) is 14.0. The first kappa shape index (κ1) is 16.0. The average Bonchev–Trinajstić information content (AvgIpc) is 2.20. The lowest BCUT2D eigenvalue weighted by Crippen LogP contribution is -2.03. The van der Waals surface area contributed by atoms with Crippen LogP contribution in [-0.2, 0) is 9.53 Å². The van der Waals surface area contributed by atoms with Crippen LogP contribution in [0.5, 0.6) is 0 Å². The van der Waals surface area contributed by atoms with Crippen molar-refractivity contribution in [1.82, 2.24) is 0 Å². The number of ether oxygens (including phenoxy) is 1. The quantitative estimate of drug-likeness (QED) is 0.329. The highest BCUT2D eigenvalue weighted by Crippen LogP contribution is 1.89. The van der Waals surface area contributed by atoms with Gasteiger partial charge in [-0.15, -0.1) is 0 Å². The van der Waals surface area contributed by atoms with Gasteiger partial charge in [0.25, 0.3) is 0 Å². The Balaban J connectivity index is 0. The molecule has 0 aromatic heterocycles. The molecular weight excluding hydrogens is 192 g/mol. The van der Waals surface area contributed by atoms with Crippen molar-refractivity contribution in [2.24, 2.45) is 4.99 Å². The Morgan fingerprint density at radius 3 is 2.40 bits per heavy atom. The van der Waals surface area contributed by atoms with Crippen molar-refractivity contribution in [3.05, 3.63) is 12.2 Å². The Bertz CT molecular complexity index is 231. The molecule has 0 saturated heterocycles. The molecule has 0 fully saturated rings. The molecule has 4 nitrogen and oxygen atoms in total. The summed E-state index contributed by atoms with van der Waals surface area (Å²) >= 11 is 0. The number of unbranched alkanes of at least 4 members (excludes halogenated alkanes) is 1. The van der Waals surface area contributed by atoms with E-state index in [1.165, 1.54) is 0 Å². The molecule has 0 radical (unpaired) electrons. The van der Waals surface area contributed by atoms with E-state index in [2.05, 4.69) is 23.2 Å². The molecule has 4 heteroatoms. The van der Waals surface area contributed by atoms with E-state index in [1.807, 2.05) is 6.01 Å². The Labute approximate surface area is 91.6 Å². The van der Waals surface area contributed by atoms with Gasteiger partial charge in [0.2, 0.25) is 0 Å². The fourth-order valence-corrected chi connectivity index (χ4v) is 0.547. The lowest BCUT2D eigenvalue weighted by Gasteiger charge is -1.96. The Morgan fingerprint density at radius 2 is 2.13 bits per heavy atom. The largest absolute Gasteiger partial charge is 0.463 e. The predicted octanol–water partition coefficient (Wildman–Crippen LogP) is 2.66. The molecule has 0 aliphatic heterocycles. The van der Waals surface area contributed by atoms with Crippen LogP contribution >= 0.6 is 0 Å². The van der Waals surface area contributed by atoms with Crippen LogP contribution in [0.1, 0.15) is 33.6 Å². The number of hydrogen-bond donors (Lipinski definition) is 1. The van der Waals surface area contributed by atoms with Gasteiger partial charge in [-0.2, -0.15) is 0 Å². The maximum atomic E-state index is 10.4. The number of carbonyl (C=O) groups excluding carboxylic acids is 1. The molecule has 0 aromatic rings. The smallest absolute Gasteiger partial charge is 0.333 e. The molecule has 0 atom stereocenters. The fourth-order valence-electron chi connectivity index (χ4n) is 0.547. The van der Waals surface area contributed by atoms with Gasteiger partial charge in [-0.3, -0.25) is 0 Å². The molecule has 0 saturated carbocycles. The first-order valence-corrected chi connectivity index (χ1v) is 5.00. The zero-order chi connectivity index (χ0) is 12.1. The van der Waals surface area contributed by atoms with Crippen molar-refractivity contribution >= 4 is 12.0 Å². The number of nitrogens with zero attached hydrogens (tertiary/aromatic N) is 1. The molecule has 0 unspecified atom stereocenters. The maximum Gasteiger partial charge on any atom is 0.333 e. The van der Waals surface area contributed by atoms with Gasteiger partial charge in [0.05, 0.1) is 12.6 Å². The van der Waals surface area contributed by atoms with Crippen LogP contribution in [0.4, 0.5) is 0 Å². The molecule has 0 aromatic carbocycles. The highest BCUT2D eigenvalue weighted by molar-refractivity contribution is 5.86. The van der Waals surface area contributed by atoms with Gasteiger partial charge in [0.15, 0.2) is 0 Å². The minimum Gasteiger partial charge on any atom is -0.463 e. The third-order valence-corrected chi connectivity index (χ3v) is 1.33. The van der Waals surface area contributed by atoms with Crippen molar-refractivity contribution in [3.8, 4) is 0 Å². The van der Waals surface area contributed by atoms with Crippen LogP contribution in [0.3, 0.4) is 0 Å². The maximum absolute atomic E-state index is 10.4. The second-order valence-corrected chi connectivity index (χ2v) is 2.85.